The van der Waals surface area contributed by atoms with Crippen LogP contribution >= 0.6 is 11.6 Å². The van der Waals surface area contributed by atoms with Crippen LogP contribution < -0.4 is 0 Å². The van der Waals surface area contributed by atoms with E-state index in [9.17, 15) is 0 Å². The summed E-state index contributed by atoms with van der Waals surface area (Å²) in [4.78, 5) is 0. The van der Waals surface area contributed by atoms with E-state index in [1.165, 1.54) is 0 Å². The van der Waals surface area contributed by atoms with Gasteiger partial charge in [0.05, 0.1) is 12.2 Å². The normalized spacial score (nSPS) is 12.0. The van der Waals surface area contributed by atoms with E-state index in [-0.39, 0.29) is 18.5 Å². The SMILES string of the molecule is CC(C)OC(CCCl)OC(C)C. The van der Waals surface area contributed by atoms with Crippen molar-refractivity contribution in [2.45, 2.75) is 52.6 Å². The van der Waals surface area contributed by atoms with Crippen LogP contribution in [0.5, 0.6) is 0 Å². The molecule has 0 bridgehead atoms. The van der Waals surface area contributed by atoms with Crippen molar-refractivity contribution in [3.63, 3.8) is 0 Å². The Morgan fingerprint density at radius 3 is 1.67 bits per heavy atom. The quantitative estimate of drug-likeness (QED) is 0.478. The lowest BCUT2D eigenvalue weighted by molar-refractivity contribution is -0.181. The first-order chi connectivity index (χ1) is 5.56. The van der Waals surface area contributed by atoms with E-state index < -0.39 is 0 Å². The molecular weight excluding hydrogens is 176 g/mol. The van der Waals surface area contributed by atoms with Gasteiger partial charge in [0.15, 0.2) is 6.29 Å². The molecule has 0 fully saturated rings. The molecule has 0 radical (unpaired) electrons. The van der Waals surface area contributed by atoms with Crippen LogP contribution in [0.1, 0.15) is 34.1 Å². The van der Waals surface area contributed by atoms with Crippen molar-refractivity contribution in [3.8, 4) is 0 Å². The van der Waals surface area contributed by atoms with Gasteiger partial charge in [-0.15, -0.1) is 11.6 Å². The van der Waals surface area contributed by atoms with E-state index in [2.05, 4.69) is 0 Å². The molecule has 0 atom stereocenters. The zero-order valence-electron chi connectivity index (χ0n) is 8.34. The van der Waals surface area contributed by atoms with Crippen LogP contribution in [-0.4, -0.2) is 24.4 Å². The van der Waals surface area contributed by atoms with Crippen molar-refractivity contribution in [3.05, 3.63) is 0 Å². The zero-order chi connectivity index (χ0) is 9.56. The number of hydrogen-bond acceptors (Lipinski definition) is 2. The molecule has 0 spiro atoms. The number of rotatable bonds is 6. The highest BCUT2D eigenvalue weighted by molar-refractivity contribution is 6.17. The molecule has 2 nitrogen and oxygen atoms in total. The molecule has 0 heterocycles. The maximum Gasteiger partial charge on any atom is 0.159 e. The van der Waals surface area contributed by atoms with Gasteiger partial charge in [0.1, 0.15) is 0 Å². The van der Waals surface area contributed by atoms with Gasteiger partial charge in [-0.25, -0.2) is 0 Å². The van der Waals surface area contributed by atoms with E-state index in [0.717, 1.165) is 6.42 Å². The fourth-order valence-corrected chi connectivity index (χ4v) is 1.04. The molecule has 0 rings (SSSR count). The summed E-state index contributed by atoms with van der Waals surface area (Å²) in [5.41, 5.74) is 0. The Morgan fingerprint density at radius 1 is 1.00 bits per heavy atom. The van der Waals surface area contributed by atoms with Crippen LogP contribution in [-0.2, 0) is 9.47 Å². The molecule has 0 aliphatic rings. The zero-order valence-corrected chi connectivity index (χ0v) is 9.10. The third-order valence-corrected chi connectivity index (χ3v) is 1.41. The Kier molecular flexibility index (Phi) is 6.81. The summed E-state index contributed by atoms with van der Waals surface area (Å²) in [6.07, 6.45) is 0.981. The standard InChI is InChI=1S/C9H19ClO2/c1-7(2)11-9(5-6-10)12-8(3)4/h7-9H,5-6H2,1-4H3. The second kappa shape index (κ2) is 6.70. The molecule has 0 unspecified atom stereocenters. The first kappa shape index (κ1) is 12.2. The monoisotopic (exact) mass is 194 g/mol. The molecule has 0 aromatic rings. The Morgan fingerprint density at radius 2 is 1.42 bits per heavy atom. The van der Waals surface area contributed by atoms with Crippen molar-refractivity contribution in [2.24, 2.45) is 0 Å². The maximum atomic E-state index is 5.60. The molecule has 74 valence electrons. The van der Waals surface area contributed by atoms with Gasteiger partial charge >= 0.3 is 0 Å². The van der Waals surface area contributed by atoms with Gasteiger partial charge in [0, 0.05) is 12.3 Å². The second-order valence-electron chi connectivity index (χ2n) is 3.28. The van der Waals surface area contributed by atoms with E-state index in [1.54, 1.807) is 0 Å². The number of ether oxygens (including phenoxy) is 2. The molecule has 0 aromatic heterocycles. The molecule has 12 heavy (non-hydrogen) atoms. The van der Waals surface area contributed by atoms with Gasteiger partial charge in [-0.05, 0) is 27.7 Å². The summed E-state index contributed by atoms with van der Waals surface area (Å²) in [6, 6.07) is 0. The topological polar surface area (TPSA) is 18.5 Å². The van der Waals surface area contributed by atoms with Gasteiger partial charge in [-0.2, -0.15) is 0 Å². The molecular formula is C9H19ClO2. The van der Waals surface area contributed by atoms with Gasteiger partial charge < -0.3 is 9.47 Å². The largest absolute Gasteiger partial charge is 0.350 e. The molecule has 0 aliphatic carbocycles. The third-order valence-electron chi connectivity index (χ3n) is 1.19. The molecule has 0 aromatic carbocycles. The van der Waals surface area contributed by atoms with E-state index in [0.29, 0.717) is 5.88 Å². The first-order valence-electron chi connectivity index (χ1n) is 4.43. The van der Waals surface area contributed by atoms with Crippen molar-refractivity contribution in [2.75, 3.05) is 5.88 Å². The lowest BCUT2D eigenvalue weighted by Gasteiger charge is -2.22. The van der Waals surface area contributed by atoms with Gasteiger partial charge in [-0.1, -0.05) is 0 Å². The van der Waals surface area contributed by atoms with E-state index in [1.807, 2.05) is 27.7 Å². The van der Waals surface area contributed by atoms with Gasteiger partial charge in [0.25, 0.3) is 0 Å². The molecule has 3 heteroatoms. The fraction of sp³-hybridized carbons (Fsp3) is 1.00. The second-order valence-corrected chi connectivity index (χ2v) is 3.65. The summed E-state index contributed by atoms with van der Waals surface area (Å²) >= 11 is 5.60. The van der Waals surface area contributed by atoms with E-state index >= 15 is 0 Å². The average Bonchev–Trinajstić information content (AvgIpc) is 1.84. The molecule has 0 saturated heterocycles. The highest BCUT2D eigenvalue weighted by Crippen LogP contribution is 2.08. The van der Waals surface area contributed by atoms with Crippen LogP contribution in [0, 0.1) is 0 Å². The van der Waals surface area contributed by atoms with Crippen molar-refractivity contribution < 1.29 is 9.47 Å². The summed E-state index contributed by atoms with van der Waals surface area (Å²) in [5, 5.41) is 0. The molecule has 0 aliphatic heterocycles. The highest BCUT2D eigenvalue weighted by atomic mass is 35.5. The van der Waals surface area contributed by atoms with Gasteiger partial charge in [0.2, 0.25) is 0 Å². The van der Waals surface area contributed by atoms with Crippen LogP contribution in [0.3, 0.4) is 0 Å². The van der Waals surface area contributed by atoms with Crippen molar-refractivity contribution >= 4 is 11.6 Å². The van der Waals surface area contributed by atoms with Crippen LogP contribution in [0.25, 0.3) is 0 Å². The summed E-state index contributed by atoms with van der Waals surface area (Å²) in [5.74, 6) is 0.574. The van der Waals surface area contributed by atoms with Crippen molar-refractivity contribution in [1.82, 2.24) is 0 Å². The van der Waals surface area contributed by atoms with Crippen LogP contribution in [0.15, 0.2) is 0 Å². The van der Waals surface area contributed by atoms with E-state index in [4.69, 9.17) is 21.1 Å². The number of hydrogen-bond donors (Lipinski definition) is 0. The Labute approximate surface area is 80.2 Å². The smallest absolute Gasteiger partial charge is 0.159 e. The summed E-state index contributed by atoms with van der Waals surface area (Å²) in [7, 11) is 0. The maximum absolute atomic E-state index is 5.60. The number of halogens is 1. The minimum Gasteiger partial charge on any atom is -0.350 e. The van der Waals surface area contributed by atoms with Crippen LogP contribution in [0.4, 0.5) is 0 Å². The summed E-state index contributed by atoms with van der Waals surface area (Å²) in [6.45, 7) is 7.96. The predicted octanol–water partition coefficient (Wildman–Crippen LogP) is 2.79. The number of alkyl halides is 1. The molecule has 0 amide bonds. The van der Waals surface area contributed by atoms with Crippen molar-refractivity contribution in [1.29, 1.82) is 0 Å². The minimum atomic E-state index is -0.150. The Hall–Kier alpha value is 0.210. The molecule has 0 saturated carbocycles. The predicted molar refractivity (Wildman–Crippen MR) is 51.6 cm³/mol. The first-order valence-corrected chi connectivity index (χ1v) is 4.96. The lowest BCUT2D eigenvalue weighted by Crippen LogP contribution is -2.24. The Bertz CT molecular complexity index is 94.7. The summed E-state index contributed by atoms with van der Waals surface area (Å²) < 4.78 is 11.0. The van der Waals surface area contributed by atoms with Crippen LogP contribution in [0.2, 0.25) is 0 Å². The fourth-order valence-electron chi connectivity index (χ4n) is 0.864. The highest BCUT2D eigenvalue weighted by Gasteiger charge is 2.12. The average molecular weight is 195 g/mol. The third kappa shape index (κ3) is 6.89. The Balaban J connectivity index is 3.69. The molecule has 0 N–H and O–H groups in total. The lowest BCUT2D eigenvalue weighted by atomic mass is 10.4. The minimum absolute atomic E-state index is 0.150. The van der Waals surface area contributed by atoms with Gasteiger partial charge in [-0.3, -0.25) is 0 Å².